The lowest BCUT2D eigenvalue weighted by atomic mass is 9.88. The molecule has 0 aromatic heterocycles. The number of nitrogens with one attached hydrogen (secondary N) is 1. The second-order valence-electron chi connectivity index (χ2n) is 5.01. The summed E-state index contributed by atoms with van der Waals surface area (Å²) in [6.07, 6.45) is 2.99. The van der Waals surface area contributed by atoms with Gasteiger partial charge < -0.3 is 5.32 Å². The van der Waals surface area contributed by atoms with Crippen LogP contribution in [0.5, 0.6) is 0 Å². The monoisotopic (exact) mass is 299 g/mol. The van der Waals surface area contributed by atoms with Crippen molar-refractivity contribution in [2.75, 3.05) is 12.8 Å². The molecule has 0 spiro atoms. The Kier molecular flexibility index (Phi) is 5.88. The molecule has 2 aromatic carbocycles. The first-order valence-corrected chi connectivity index (χ1v) is 8.36. The predicted octanol–water partition coefficient (Wildman–Crippen LogP) is 4.07. The maximum Gasteiger partial charge on any atom is 0.216 e. The zero-order chi connectivity index (χ0) is 15.1. The van der Waals surface area contributed by atoms with E-state index in [0.29, 0.717) is 12.5 Å². The molecule has 2 rings (SSSR count). The minimum absolute atomic E-state index is 0.0274. The van der Waals surface area contributed by atoms with Crippen LogP contribution in [0.2, 0.25) is 0 Å². The first kappa shape index (κ1) is 15.6. The predicted molar refractivity (Wildman–Crippen MR) is 89.8 cm³/mol. The molecule has 1 N–H and O–H groups in total. The van der Waals surface area contributed by atoms with E-state index in [9.17, 15) is 4.79 Å². The molecule has 0 aliphatic heterocycles. The third-order valence-corrected chi connectivity index (χ3v) is 4.27. The van der Waals surface area contributed by atoms with Gasteiger partial charge in [-0.05, 0) is 35.9 Å². The summed E-state index contributed by atoms with van der Waals surface area (Å²) in [6, 6.07) is 19.2. The highest BCUT2D eigenvalue weighted by molar-refractivity contribution is 7.98. The molecule has 2 nitrogen and oxygen atoms in total. The van der Waals surface area contributed by atoms with Gasteiger partial charge in [0.2, 0.25) is 5.91 Å². The van der Waals surface area contributed by atoms with Crippen LogP contribution in [-0.2, 0) is 4.79 Å². The fourth-order valence-corrected chi connectivity index (χ4v) is 2.85. The molecule has 110 valence electrons. The van der Waals surface area contributed by atoms with E-state index in [4.69, 9.17) is 0 Å². The Bertz CT molecular complexity index is 566. The molecule has 0 fully saturated rings. The summed E-state index contributed by atoms with van der Waals surface area (Å²) in [5, 5.41) is 2.90. The zero-order valence-electron chi connectivity index (χ0n) is 12.5. The molecule has 0 heterocycles. The van der Waals surface area contributed by atoms with Crippen molar-refractivity contribution in [1.29, 1.82) is 0 Å². The van der Waals surface area contributed by atoms with E-state index >= 15 is 0 Å². The Balaban J connectivity index is 2.19. The van der Waals surface area contributed by atoms with Crippen molar-refractivity contribution in [3.05, 3.63) is 65.7 Å². The fourth-order valence-electron chi connectivity index (χ4n) is 2.44. The van der Waals surface area contributed by atoms with E-state index in [1.54, 1.807) is 18.7 Å². The van der Waals surface area contributed by atoms with Gasteiger partial charge >= 0.3 is 0 Å². The van der Waals surface area contributed by atoms with Crippen LogP contribution in [0.3, 0.4) is 0 Å². The number of hydrogen-bond donors (Lipinski definition) is 1. The van der Waals surface area contributed by atoms with Crippen LogP contribution in [0.25, 0.3) is 0 Å². The van der Waals surface area contributed by atoms with Crippen LogP contribution >= 0.6 is 11.8 Å². The zero-order valence-corrected chi connectivity index (χ0v) is 13.3. The van der Waals surface area contributed by atoms with Gasteiger partial charge in [-0.25, -0.2) is 0 Å². The van der Waals surface area contributed by atoms with Crippen LogP contribution in [0.1, 0.15) is 30.4 Å². The molecular weight excluding hydrogens is 278 g/mol. The van der Waals surface area contributed by atoms with E-state index in [0.717, 1.165) is 6.42 Å². The summed E-state index contributed by atoms with van der Waals surface area (Å²) in [6.45, 7) is 2.25. The molecule has 21 heavy (non-hydrogen) atoms. The van der Waals surface area contributed by atoms with Crippen molar-refractivity contribution in [3.8, 4) is 0 Å². The van der Waals surface area contributed by atoms with Crippen molar-refractivity contribution in [1.82, 2.24) is 5.32 Å². The molecule has 1 atom stereocenters. The van der Waals surface area contributed by atoms with E-state index in [1.165, 1.54) is 16.0 Å². The van der Waals surface area contributed by atoms with Gasteiger partial charge in [0.25, 0.3) is 0 Å². The highest BCUT2D eigenvalue weighted by atomic mass is 32.2. The third-order valence-electron chi connectivity index (χ3n) is 3.53. The molecule has 3 heteroatoms. The lowest BCUT2D eigenvalue weighted by Crippen LogP contribution is -2.22. The van der Waals surface area contributed by atoms with E-state index in [-0.39, 0.29) is 5.91 Å². The summed E-state index contributed by atoms with van der Waals surface area (Å²) >= 11 is 1.75. The Morgan fingerprint density at radius 2 is 1.67 bits per heavy atom. The first-order valence-electron chi connectivity index (χ1n) is 7.14. The third kappa shape index (κ3) is 4.64. The van der Waals surface area contributed by atoms with E-state index in [2.05, 4.69) is 60.1 Å². The van der Waals surface area contributed by atoms with Gasteiger partial charge in [-0.15, -0.1) is 11.8 Å². The van der Waals surface area contributed by atoms with Gasteiger partial charge in [0.15, 0.2) is 0 Å². The molecule has 0 saturated heterocycles. The smallest absolute Gasteiger partial charge is 0.216 e. The summed E-state index contributed by atoms with van der Waals surface area (Å²) in [5.74, 6) is 0.341. The van der Waals surface area contributed by atoms with E-state index < -0.39 is 0 Å². The molecular formula is C18H21NOS. The molecule has 2 aromatic rings. The standard InChI is InChI=1S/C18H21NOS/c1-14(20)19-13-12-18(15-6-4-3-5-7-15)16-8-10-17(21-2)11-9-16/h3-11,18H,12-13H2,1-2H3,(H,19,20)/t18-/m1/s1. The molecule has 0 aliphatic carbocycles. The molecule has 0 aliphatic rings. The Hall–Kier alpha value is -1.74. The largest absolute Gasteiger partial charge is 0.356 e. The minimum atomic E-state index is 0.0274. The average molecular weight is 299 g/mol. The van der Waals surface area contributed by atoms with Gasteiger partial charge in [-0.1, -0.05) is 42.5 Å². The Morgan fingerprint density at radius 1 is 1.05 bits per heavy atom. The van der Waals surface area contributed by atoms with Gasteiger partial charge in [0, 0.05) is 24.3 Å². The lowest BCUT2D eigenvalue weighted by molar-refractivity contribution is -0.118. The second kappa shape index (κ2) is 7.89. The number of carbonyl (C=O) groups is 1. The number of benzene rings is 2. The van der Waals surface area contributed by atoms with Gasteiger partial charge in [0.05, 0.1) is 0 Å². The lowest BCUT2D eigenvalue weighted by Gasteiger charge is -2.18. The fraction of sp³-hybridized carbons (Fsp3) is 0.278. The normalized spacial score (nSPS) is 11.9. The Labute approximate surface area is 131 Å². The average Bonchev–Trinajstić information content (AvgIpc) is 2.52. The second-order valence-corrected chi connectivity index (χ2v) is 5.89. The number of thioether (sulfide) groups is 1. The van der Waals surface area contributed by atoms with Crippen LogP contribution in [0.4, 0.5) is 0 Å². The number of amides is 1. The van der Waals surface area contributed by atoms with Gasteiger partial charge in [-0.3, -0.25) is 4.79 Å². The number of carbonyl (C=O) groups excluding carboxylic acids is 1. The summed E-state index contributed by atoms with van der Waals surface area (Å²) in [5.41, 5.74) is 2.59. The number of hydrogen-bond acceptors (Lipinski definition) is 2. The highest BCUT2D eigenvalue weighted by Crippen LogP contribution is 2.29. The van der Waals surface area contributed by atoms with Gasteiger partial charge in [-0.2, -0.15) is 0 Å². The molecule has 0 bridgehead atoms. The van der Waals surface area contributed by atoms with Crippen LogP contribution in [0, 0.1) is 0 Å². The molecule has 0 saturated carbocycles. The van der Waals surface area contributed by atoms with Crippen LogP contribution in [0.15, 0.2) is 59.5 Å². The van der Waals surface area contributed by atoms with Crippen molar-refractivity contribution in [2.45, 2.75) is 24.2 Å². The minimum Gasteiger partial charge on any atom is -0.356 e. The molecule has 0 unspecified atom stereocenters. The van der Waals surface area contributed by atoms with Crippen molar-refractivity contribution < 1.29 is 4.79 Å². The van der Waals surface area contributed by atoms with Crippen molar-refractivity contribution in [3.63, 3.8) is 0 Å². The number of rotatable bonds is 6. The summed E-state index contributed by atoms with van der Waals surface area (Å²) in [7, 11) is 0. The summed E-state index contributed by atoms with van der Waals surface area (Å²) in [4.78, 5) is 12.3. The topological polar surface area (TPSA) is 29.1 Å². The quantitative estimate of drug-likeness (QED) is 0.815. The maximum absolute atomic E-state index is 11.1. The Morgan fingerprint density at radius 3 is 2.24 bits per heavy atom. The van der Waals surface area contributed by atoms with Crippen LogP contribution in [-0.4, -0.2) is 18.7 Å². The van der Waals surface area contributed by atoms with Crippen molar-refractivity contribution in [2.24, 2.45) is 0 Å². The molecule has 1 amide bonds. The maximum atomic E-state index is 11.1. The van der Waals surface area contributed by atoms with Crippen molar-refractivity contribution >= 4 is 17.7 Å². The SMILES string of the molecule is CSc1ccc([C@H](CCNC(C)=O)c2ccccc2)cc1. The highest BCUT2D eigenvalue weighted by Gasteiger charge is 2.13. The van der Waals surface area contributed by atoms with Crippen LogP contribution < -0.4 is 5.32 Å². The van der Waals surface area contributed by atoms with E-state index in [1.807, 2.05) is 6.07 Å². The summed E-state index contributed by atoms with van der Waals surface area (Å²) < 4.78 is 0. The first-order chi connectivity index (χ1) is 10.2. The van der Waals surface area contributed by atoms with Gasteiger partial charge in [0.1, 0.15) is 0 Å². The molecule has 0 radical (unpaired) electrons.